The molecule has 106 valence electrons. The molecule has 1 aliphatic carbocycles. The molecule has 2 rings (SSSR count). The van der Waals surface area contributed by atoms with Gasteiger partial charge in [0.15, 0.2) is 0 Å². The smallest absolute Gasteiger partial charge is 0.123 e. The monoisotopic (exact) mass is 265 g/mol. The van der Waals surface area contributed by atoms with Crippen molar-refractivity contribution in [3.05, 3.63) is 35.6 Å². The van der Waals surface area contributed by atoms with Gasteiger partial charge in [-0.15, -0.1) is 0 Å². The standard InChI is InChI=1S/C16H24FNO/c1-19-12-11-18-13-16(9-3-2-4-10-16)14-5-7-15(17)8-6-14/h5-8,18H,2-4,9-13H2,1H3. The van der Waals surface area contributed by atoms with Gasteiger partial charge in [-0.1, -0.05) is 31.4 Å². The number of rotatable bonds is 6. The molecular formula is C16H24FNO. The molecule has 0 atom stereocenters. The average molecular weight is 265 g/mol. The lowest BCUT2D eigenvalue weighted by molar-refractivity contribution is 0.192. The summed E-state index contributed by atoms with van der Waals surface area (Å²) in [5, 5.41) is 3.49. The number of benzene rings is 1. The van der Waals surface area contributed by atoms with Gasteiger partial charge in [-0.2, -0.15) is 0 Å². The van der Waals surface area contributed by atoms with Gasteiger partial charge in [-0.05, 0) is 30.5 Å². The first-order chi connectivity index (χ1) is 9.27. The van der Waals surface area contributed by atoms with E-state index >= 15 is 0 Å². The third kappa shape index (κ3) is 3.77. The van der Waals surface area contributed by atoms with E-state index in [1.165, 1.54) is 37.7 Å². The van der Waals surface area contributed by atoms with Gasteiger partial charge in [0.2, 0.25) is 0 Å². The van der Waals surface area contributed by atoms with E-state index in [9.17, 15) is 4.39 Å². The summed E-state index contributed by atoms with van der Waals surface area (Å²) in [6, 6.07) is 7.08. The quantitative estimate of drug-likeness (QED) is 0.797. The van der Waals surface area contributed by atoms with Crippen molar-refractivity contribution in [1.82, 2.24) is 5.32 Å². The average Bonchev–Trinajstić information content (AvgIpc) is 2.45. The first kappa shape index (κ1) is 14.5. The van der Waals surface area contributed by atoms with Gasteiger partial charge in [0.05, 0.1) is 6.61 Å². The second kappa shape index (κ2) is 7.01. The van der Waals surface area contributed by atoms with Crippen LogP contribution in [0.1, 0.15) is 37.7 Å². The first-order valence-corrected chi connectivity index (χ1v) is 7.23. The highest BCUT2D eigenvalue weighted by molar-refractivity contribution is 5.27. The van der Waals surface area contributed by atoms with Gasteiger partial charge in [0.25, 0.3) is 0 Å². The van der Waals surface area contributed by atoms with Gasteiger partial charge >= 0.3 is 0 Å². The van der Waals surface area contributed by atoms with E-state index in [2.05, 4.69) is 5.32 Å². The van der Waals surface area contributed by atoms with E-state index in [1.807, 2.05) is 12.1 Å². The van der Waals surface area contributed by atoms with Crippen molar-refractivity contribution < 1.29 is 9.13 Å². The van der Waals surface area contributed by atoms with Crippen LogP contribution in [0, 0.1) is 5.82 Å². The van der Waals surface area contributed by atoms with E-state index in [1.54, 1.807) is 19.2 Å². The van der Waals surface area contributed by atoms with Crippen LogP contribution >= 0.6 is 0 Å². The Morgan fingerprint density at radius 2 is 1.84 bits per heavy atom. The molecule has 0 bridgehead atoms. The Labute approximate surface area is 115 Å². The summed E-state index contributed by atoms with van der Waals surface area (Å²) in [5.41, 5.74) is 1.46. The van der Waals surface area contributed by atoms with Crippen molar-refractivity contribution in [3.8, 4) is 0 Å². The highest BCUT2D eigenvalue weighted by atomic mass is 19.1. The minimum atomic E-state index is -0.151. The molecule has 0 spiro atoms. The van der Waals surface area contributed by atoms with Gasteiger partial charge < -0.3 is 10.1 Å². The summed E-state index contributed by atoms with van der Waals surface area (Å²) in [7, 11) is 1.72. The third-order valence-corrected chi connectivity index (χ3v) is 4.21. The van der Waals surface area contributed by atoms with Crippen molar-refractivity contribution in [2.45, 2.75) is 37.5 Å². The van der Waals surface area contributed by atoms with Crippen LogP contribution in [-0.4, -0.2) is 26.8 Å². The summed E-state index contributed by atoms with van der Waals surface area (Å²) >= 11 is 0. The van der Waals surface area contributed by atoms with E-state index in [4.69, 9.17) is 4.74 Å². The fourth-order valence-electron chi connectivity index (χ4n) is 3.10. The van der Waals surface area contributed by atoms with Crippen LogP contribution in [-0.2, 0) is 10.2 Å². The molecule has 1 saturated carbocycles. The predicted octanol–water partition coefficient (Wildman–Crippen LogP) is 3.26. The van der Waals surface area contributed by atoms with E-state index < -0.39 is 0 Å². The Kier molecular flexibility index (Phi) is 5.34. The summed E-state index contributed by atoms with van der Waals surface area (Å²) in [5.74, 6) is -0.151. The summed E-state index contributed by atoms with van der Waals surface area (Å²) in [6.45, 7) is 2.57. The molecule has 0 unspecified atom stereocenters. The minimum absolute atomic E-state index is 0.151. The molecule has 1 aliphatic rings. The zero-order valence-corrected chi connectivity index (χ0v) is 11.8. The molecule has 0 aromatic heterocycles. The minimum Gasteiger partial charge on any atom is -0.383 e. The Morgan fingerprint density at radius 3 is 2.47 bits per heavy atom. The topological polar surface area (TPSA) is 21.3 Å². The number of hydrogen-bond donors (Lipinski definition) is 1. The maximum absolute atomic E-state index is 13.1. The second-order valence-electron chi connectivity index (χ2n) is 5.52. The molecule has 19 heavy (non-hydrogen) atoms. The molecule has 3 heteroatoms. The van der Waals surface area contributed by atoms with E-state index in [-0.39, 0.29) is 11.2 Å². The zero-order valence-electron chi connectivity index (χ0n) is 11.8. The van der Waals surface area contributed by atoms with Crippen molar-refractivity contribution >= 4 is 0 Å². The van der Waals surface area contributed by atoms with Crippen molar-refractivity contribution in [1.29, 1.82) is 0 Å². The zero-order chi connectivity index (χ0) is 13.6. The highest BCUT2D eigenvalue weighted by Crippen LogP contribution is 2.39. The predicted molar refractivity (Wildman–Crippen MR) is 75.9 cm³/mol. The number of hydrogen-bond acceptors (Lipinski definition) is 2. The number of methoxy groups -OCH3 is 1. The Balaban J connectivity index is 2.07. The first-order valence-electron chi connectivity index (χ1n) is 7.23. The molecule has 1 aromatic rings. The number of nitrogens with one attached hydrogen (secondary N) is 1. The maximum Gasteiger partial charge on any atom is 0.123 e. The SMILES string of the molecule is COCCNCC1(c2ccc(F)cc2)CCCCC1. The fraction of sp³-hybridized carbons (Fsp3) is 0.625. The van der Waals surface area contributed by atoms with Crippen LogP contribution in [0.3, 0.4) is 0 Å². The molecular weight excluding hydrogens is 241 g/mol. The molecule has 2 nitrogen and oxygen atoms in total. The number of halogens is 1. The van der Waals surface area contributed by atoms with Gasteiger partial charge in [0, 0.05) is 25.6 Å². The summed E-state index contributed by atoms with van der Waals surface area (Å²) in [6.07, 6.45) is 6.24. The second-order valence-corrected chi connectivity index (χ2v) is 5.52. The molecule has 0 aliphatic heterocycles. The van der Waals surface area contributed by atoms with Crippen molar-refractivity contribution in [2.24, 2.45) is 0 Å². The van der Waals surface area contributed by atoms with Crippen molar-refractivity contribution in [3.63, 3.8) is 0 Å². The lowest BCUT2D eigenvalue weighted by atomic mass is 9.69. The molecule has 0 saturated heterocycles. The van der Waals surface area contributed by atoms with Crippen LogP contribution < -0.4 is 5.32 Å². The van der Waals surface area contributed by atoms with Gasteiger partial charge in [0.1, 0.15) is 5.82 Å². The molecule has 0 amide bonds. The van der Waals surface area contributed by atoms with Crippen molar-refractivity contribution in [2.75, 3.05) is 26.8 Å². The van der Waals surface area contributed by atoms with E-state index in [0.29, 0.717) is 0 Å². The summed E-state index contributed by atoms with van der Waals surface area (Å²) in [4.78, 5) is 0. The normalized spacial score (nSPS) is 18.4. The van der Waals surface area contributed by atoms with Gasteiger partial charge in [-0.25, -0.2) is 4.39 Å². The lowest BCUT2D eigenvalue weighted by Gasteiger charge is -2.38. The molecule has 1 aromatic carbocycles. The van der Waals surface area contributed by atoms with Crippen LogP contribution in [0.5, 0.6) is 0 Å². The molecule has 1 fully saturated rings. The van der Waals surface area contributed by atoms with Crippen LogP contribution in [0.15, 0.2) is 24.3 Å². The Hall–Kier alpha value is -0.930. The highest BCUT2D eigenvalue weighted by Gasteiger charge is 2.33. The molecule has 0 radical (unpaired) electrons. The maximum atomic E-state index is 13.1. The summed E-state index contributed by atoms with van der Waals surface area (Å²) < 4.78 is 18.2. The Morgan fingerprint density at radius 1 is 1.16 bits per heavy atom. The van der Waals surface area contributed by atoms with Gasteiger partial charge in [-0.3, -0.25) is 0 Å². The molecule has 1 N–H and O–H groups in total. The third-order valence-electron chi connectivity index (χ3n) is 4.21. The van der Waals surface area contributed by atoms with Crippen LogP contribution in [0.25, 0.3) is 0 Å². The number of ether oxygens (including phenoxy) is 1. The fourth-order valence-corrected chi connectivity index (χ4v) is 3.10. The lowest BCUT2D eigenvalue weighted by Crippen LogP contribution is -2.41. The largest absolute Gasteiger partial charge is 0.383 e. The van der Waals surface area contributed by atoms with Crippen LogP contribution in [0.4, 0.5) is 4.39 Å². The van der Waals surface area contributed by atoms with E-state index in [0.717, 1.165) is 19.7 Å². The Bertz CT molecular complexity index is 371. The molecule has 0 heterocycles. The van der Waals surface area contributed by atoms with Crippen LogP contribution in [0.2, 0.25) is 0 Å².